The smallest absolute Gasteiger partial charge is 0.152 e. The molecule has 0 aromatic heterocycles. The van der Waals surface area contributed by atoms with Crippen molar-refractivity contribution in [3.8, 4) is 6.07 Å². The minimum atomic E-state index is -0.407. The van der Waals surface area contributed by atoms with E-state index in [1.165, 1.54) is 0 Å². The molecule has 0 saturated heterocycles. The maximum Gasteiger partial charge on any atom is 0.152 e. The van der Waals surface area contributed by atoms with Crippen LogP contribution in [0.4, 0.5) is 0 Å². The molecule has 0 aromatic rings. The van der Waals surface area contributed by atoms with Gasteiger partial charge in [-0.3, -0.25) is 4.79 Å². The lowest BCUT2D eigenvalue weighted by Crippen LogP contribution is -2.24. The normalized spacial score (nSPS) is 15.3. The first-order valence-electron chi connectivity index (χ1n) is 4.47. The first-order valence-corrected chi connectivity index (χ1v) is 4.47. The van der Waals surface area contributed by atoms with E-state index in [0.29, 0.717) is 0 Å². The van der Waals surface area contributed by atoms with Gasteiger partial charge in [0.25, 0.3) is 0 Å². The topological polar surface area (TPSA) is 40.9 Å². The van der Waals surface area contributed by atoms with Gasteiger partial charge in [-0.25, -0.2) is 0 Å². The Labute approximate surface area is 74.6 Å². The van der Waals surface area contributed by atoms with E-state index in [1.54, 1.807) is 0 Å². The van der Waals surface area contributed by atoms with Crippen molar-refractivity contribution < 1.29 is 4.79 Å². The minimum absolute atomic E-state index is 0.0244. The molecule has 0 radical (unpaired) electrons. The molecule has 0 spiro atoms. The van der Waals surface area contributed by atoms with Crippen molar-refractivity contribution >= 4 is 5.78 Å². The third kappa shape index (κ3) is 2.65. The van der Waals surface area contributed by atoms with E-state index in [-0.39, 0.29) is 17.6 Å². The highest BCUT2D eigenvalue weighted by molar-refractivity contribution is 5.85. The highest BCUT2D eigenvalue weighted by atomic mass is 16.1. The summed E-state index contributed by atoms with van der Waals surface area (Å²) in [5.74, 6) is -0.171. The molecule has 68 valence electrons. The van der Waals surface area contributed by atoms with Crippen molar-refractivity contribution in [1.82, 2.24) is 0 Å². The number of carbonyl (C=O) groups is 1. The van der Waals surface area contributed by atoms with Gasteiger partial charge in [-0.2, -0.15) is 5.26 Å². The van der Waals surface area contributed by atoms with E-state index >= 15 is 0 Å². The standard InChI is InChI=1S/C10H17NO/c1-5-8(4)9(6-11)10(12)7(2)3/h7-9H,5H2,1-4H3. The first-order chi connectivity index (χ1) is 5.54. The van der Waals surface area contributed by atoms with Crippen LogP contribution in [0.25, 0.3) is 0 Å². The molecule has 2 atom stereocenters. The van der Waals surface area contributed by atoms with E-state index in [0.717, 1.165) is 6.42 Å². The van der Waals surface area contributed by atoms with Gasteiger partial charge in [0.05, 0.1) is 6.07 Å². The molecule has 0 saturated carbocycles. The molecule has 0 N–H and O–H groups in total. The Morgan fingerprint density at radius 3 is 2.17 bits per heavy atom. The van der Waals surface area contributed by atoms with Crippen LogP contribution in [0.2, 0.25) is 0 Å². The quantitative estimate of drug-likeness (QED) is 0.645. The molecule has 0 aromatic carbocycles. The zero-order valence-electron chi connectivity index (χ0n) is 8.29. The molecule has 0 aliphatic carbocycles. The summed E-state index contributed by atoms with van der Waals surface area (Å²) in [4.78, 5) is 11.5. The Kier molecular flexibility index (Phi) is 4.58. The molecule has 0 aliphatic heterocycles. The number of hydrogen-bond acceptors (Lipinski definition) is 2. The second-order valence-corrected chi connectivity index (χ2v) is 3.55. The molecule has 0 rings (SSSR count). The maximum absolute atomic E-state index is 11.5. The fourth-order valence-corrected chi connectivity index (χ4v) is 1.07. The zero-order chi connectivity index (χ0) is 9.72. The van der Waals surface area contributed by atoms with Crippen molar-refractivity contribution in [2.24, 2.45) is 17.8 Å². The molecule has 2 nitrogen and oxygen atoms in total. The molecule has 2 unspecified atom stereocenters. The lowest BCUT2D eigenvalue weighted by Gasteiger charge is -2.16. The maximum atomic E-state index is 11.5. The average Bonchev–Trinajstić information content (AvgIpc) is 2.05. The van der Waals surface area contributed by atoms with Crippen molar-refractivity contribution in [2.75, 3.05) is 0 Å². The zero-order valence-corrected chi connectivity index (χ0v) is 8.29. The van der Waals surface area contributed by atoms with E-state index in [2.05, 4.69) is 6.07 Å². The van der Waals surface area contributed by atoms with Gasteiger partial charge in [0.1, 0.15) is 5.92 Å². The van der Waals surface area contributed by atoms with Gasteiger partial charge < -0.3 is 0 Å². The van der Waals surface area contributed by atoms with E-state index in [4.69, 9.17) is 5.26 Å². The Morgan fingerprint density at radius 1 is 1.42 bits per heavy atom. The summed E-state index contributed by atoms with van der Waals surface area (Å²) in [5, 5.41) is 8.78. The summed E-state index contributed by atoms with van der Waals surface area (Å²) < 4.78 is 0. The third-order valence-corrected chi connectivity index (χ3v) is 2.23. The molecule has 0 bridgehead atoms. The Hall–Kier alpha value is -0.840. The van der Waals surface area contributed by atoms with E-state index < -0.39 is 5.92 Å². The summed E-state index contributed by atoms with van der Waals surface area (Å²) >= 11 is 0. The third-order valence-electron chi connectivity index (χ3n) is 2.23. The summed E-state index contributed by atoms with van der Waals surface area (Å²) in [6.45, 7) is 7.64. The first kappa shape index (κ1) is 11.2. The number of rotatable bonds is 4. The summed E-state index contributed by atoms with van der Waals surface area (Å²) in [7, 11) is 0. The molecule has 0 heterocycles. The van der Waals surface area contributed by atoms with Crippen LogP contribution in [-0.4, -0.2) is 5.78 Å². The lowest BCUT2D eigenvalue weighted by molar-refractivity contribution is -0.125. The Bertz CT molecular complexity index is 191. The Balaban J connectivity index is 4.37. The van der Waals surface area contributed by atoms with E-state index in [1.807, 2.05) is 27.7 Å². The molecule has 12 heavy (non-hydrogen) atoms. The van der Waals surface area contributed by atoms with Crippen molar-refractivity contribution in [2.45, 2.75) is 34.1 Å². The predicted molar refractivity (Wildman–Crippen MR) is 48.4 cm³/mol. The lowest BCUT2D eigenvalue weighted by atomic mass is 9.85. The van der Waals surface area contributed by atoms with Gasteiger partial charge in [-0.05, 0) is 5.92 Å². The second kappa shape index (κ2) is 4.92. The molecular formula is C10H17NO. The highest BCUT2D eigenvalue weighted by Gasteiger charge is 2.25. The van der Waals surface area contributed by atoms with Gasteiger partial charge in [0.15, 0.2) is 5.78 Å². The summed E-state index contributed by atoms with van der Waals surface area (Å²) in [5.41, 5.74) is 0. The van der Waals surface area contributed by atoms with Crippen LogP contribution >= 0.6 is 0 Å². The molecule has 0 fully saturated rings. The molecule has 2 heteroatoms. The van der Waals surface area contributed by atoms with E-state index in [9.17, 15) is 4.79 Å². The van der Waals surface area contributed by atoms with Crippen LogP contribution in [0.5, 0.6) is 0 Å². The van der Waals surface area contributed by atoms with Crippen LogP contribution in [-0.2, 0) is 4.79 Å². The fourth-order valence-electron chi connectivity index (χ4n) is 1.07. The number of ketones is 1. The van der Waals surface area contributed by atoms with Crippen molar-refractivity contribution in [1.29, 1.82) is 5.26 Å². The van der Waals surface area contributed by atoms with Crippen LogP contribution in [0.3, 0.4) is 0 Å². The molecular weight excluding hydrogens is 150 g/mol. The van der Waals surface area contributed by atoms with Gasteiger partial charge >= 0.3 is 0 Å². The van der Waals surface area contributed by atoms with Crippen LogP contribution in [0.15, 0.2) is 0 Å². The summed E-state index contributed by atoms with van der Waals surface area (Å²) in [6.07, 6.45) is 0.886. The minimum Gasteiger partial charge on any atom is -0.298 e. The molecule has 0 amide bonds. The monoisotopic (exact) mass is 167 g/mol. The Morgan fingerprint density at radius 2 is 1.92 bits per heavy atom. The largest absolute Gasteiger partial charge is 0.298 e. The SMILES string of the molecule is CCC(C)C(C#N)C(=O)C(C)C. The van der Waals surface area contributed by atoms with Crippen molar-refractivity contribution in [3.63, 3.8) is 0 Å². The number of carbonyl (C=O) groups excluding carboxylic acids is 1. The average molecular weight is 167 g/mol. The summed E-state index contributed by atoms with van der Waals surface area (Å²) in [6, 6.07) is 2.08. The second-order valence-electron chi connectivity index (χ2n) is 3.55. The predicted octanol–water partition coefficient (Wildman–Crippen LogP) is 2.40. The number of nitrogens with zero attached hydrogens (tertiary/aromatic N) is 1. The van der Waals surface area contributed by atoms with Gasteiger partial charge in [-0.15, -0.1) is 0 Å². The van der Waals surface area contributed by atoms with Crippen molar-refractivity contribution in [3.05, 3.63) is 0 Å². The van der Waals surface area contributed by atoms with Crippen LogP contribution in [0, 0.1) is 29.1 Å². The number of Topliss-reactive ketones (excluding diaryl/α,β-unsaturated/α-hetero) is 1. The number of hydrogen-bond donors (Lipinski definition) is 0. The van der Waals surface area contributed by atoms with Crippen LogP contribution < -0.4 is 0 Å². The molecule has 0 aliphatic rings. The number of nitriles is 1. The van der Waals surface area contributed by atoms with Crippen LogP contribution in [0.1, 0.15) is 34.1 Å². The van der Waals surface area contributed by atoms with Gasteiger partial charge in [-0.1, -0.05) is 34.1 Å². The fraction of sp³-hybridized carbons (Fsp3) is 0.800. The van der Waals surface area contributed by atoms with Gasteiger partial charge in [0, 0.05) is 5.92 Å². The highest BCUT2D eigenvalue weighted by Crippen LogP contribution is 2.18. The van der Waals surface area contributed by atoms with Gasteiger partial charge in [0.2, 0.25) is 0 Å².